The molecule has 0 atom stereocenters. The van der Waals surface area contributed by atoms with E-state index < -0.39 is 0 Å². The summed E-state index contributed by atoms with van der Waals surface area (Å²) in [5.74, 6) is 1.34. The topological polar surface area (TPSA) is 51.1 Å². The Hall–Kier alpha value is -3.51. The molecule has 0 radical (unpaired) electrons. The number of hydrogen-bond acceptors (Lipinski definition) is 5. The van der Waals surface area contributed by atoms with Gasteiger partial charge in [0.05, 0.1) is 17.7 Å². The molecule has 0 spiro atoms. The van der Waals surface area contributed by atoms with Crippen LogP contribution < -0.4 is 9.47 Å². The van der Waals surface area contributed by atoms with Gasteiger partial charge in [-0.1, -0.05) is 73.9 Å². The zero-order chi connectivity index (χ0) is 24.7. The molecule has 184 valence electrons. The van der Waals surface area contributed by atoms with Crippen molar-refractivity contribution in [3.63, 3.8) is 0 Å². The van der Waals surface area contributed by atoms with Crippen LogP contribution >= 0.6 is 11.8 Å². The molecule has 1 aliphatic carbocycles. The number of aliphatic imine (C=N–C) groups is 1. The Balaban J connectivity index is 1.40. The van der Waals surface area contributed by atoms with E-state index in [1.807, 2.05) is 89.8 Å². The van der Waals surface area contributed by atoms with Crippen LogP contribution in [0.4, 0.5) is 5.69 Å². The van der Waals surface area contributed by atoms with E-state index in [9.17, 15) is 4.79 Å². The summed E-state index contributed by atoms with van der Waals surface area (Å²) in [6.07, 6.45) is 7.51. The first-order chi connectivity index (χ1) is 17.7. The Labute approximate surface area is 216 Å². The molecule has 3 aromatic rings. The lowest BCUT2D eigenvalue weighted by Crippen LogP contribution is -2.40. The van der Waals surface area contributed by atoms with Crippen molar-refractivity contribution in [2.45, 2.75) is 44.8 Å². The zero-order valence-electron chi connectivity index (χ0n) is 20.4. The maximum atomic E-state index is 13.6. The molecule has 0 unspecified atom stereocenters. The fraction of sp³-hybridized carbons (Fsp3) is 0.267. The number of benzene rings is 3. The summed E-state index contributed by atoms with van der Waals surface area (Å²) in [5.41, 5.74) is 2.84. The monoisotopic (exact) mass is 498 g/mol. The number of carbonyl (C=O) groups is 1. The summed E-state index contributed by atoms with van der Waals surface area (Å²) >= 11 is 1.45. The predicted octanol–water partition coefficient (Wildman–Crippen LogP) is 7.21. The molecule has 36 heavy (non-hydrogen) atoms. The van der Waals surface area contributed by atoms with Gasteiger partial charge in [0, 0.05) is 6.04 Å². The fourth-order valence-corrected chi connectivity index (χ4v) is 5.68. The van der Waals surface area contributed by atoms with Crippen molar-refractivity contribution in [2.24, 2.45) is 4.99 Å². The van der Waals surface area contributed by atoms with Crippen molar-refractivity contribution < 1.29 is 14.3 Å². The first-order valence-electron chi connectivity index (χ1n) is 12.4. The highest BCUT2D eigenvalue weighted by molar-refractivity contribution is 8.18. The zero-order valence-corrected chi connectivity index (χ0v) is 21.2. The normalized spacial score (nSPS) is 18.7. The summed E-state index contributed by atoms with van der Waals surface area (Å²) in [4.78, 5) is 21.1. The molecule has 2 aliphatic rings. The largest absolute Gasteiger partial charge is 0.493 e. The highest BCUT2D eigenvalue weighted by Gasteiger charge is 2.38. The molecule has 1 heterocycles. The standard InChI is InChI=1S/C30H30N2O3S/c1-34-27-19-23(17-18-26(27)35-21-22-11-5-2-6-12-22)20-28-29(33)32(25-15-9-4-10-16-25)30(36-28)31-24-13-7-3-8-14-24/h2-3,5-8,11-14,17-20,25H,4,9-10,15-16,21H2,1H3. The minimum Gasteiger partial charge on any atom is -0.493 e. The number of methoxy groups -OCH3 is 1. The van der Waals surface area contributed by atoms with Crippen LogP contribution in [0, 0.1) is 0 Å². The van der Waals surface area contributed by atoms with Gasteiger partial charge >= 0.3 is 0 Å². The van der Waals surface area contributed by atoms with Crippen molar-refractivity contribution in [3.05, 3.63) is 94.9 Å². The van der Waals surface area contributed by atoms with Crippen LogP contribution in [0.2, 0.25) is 0 Å². The summed E-state index contributed by atoms with van der Waals surface area (Å²) < 4.78 is 11.6. The highest BCUT2D eigenvalue weighted by Crippen LogP contribution is 2.39. The van der Waals surface area contributed by atoms with Crippen molar-refractivity contribution >= 4 is 34.6 Å². The number of thioether (sulfide) groups is 1. The molecule has 1 saturated heterocycles. The van der Waals surface area contributed by atoms with Gasteiger partial charge in [-0.15, -0.1) is 0 Å². The summed E-state index contributed by atoms with van der Waals surface area (Å²) in [6.45, 7) is 0.460. The third-order valence-corrected chi connectivity index (χ3v) is 7.46. The minimum absolute atomic E-state index is 0.0324. The molecule has 2 fully saturated rings. The van der Waals surface area contributed by atoms with Gasteiger partial charge in [0.2, 0.25) is 0 Å². The van der Waals surface area contributed by atoms with Crippen molar-refractivity contribution in [3.8, 4) is 11.5 Å². The SMILES string of the molecule is COc1cc(C=C2SC(=Nc3ccccc3)N(C3CCCCC3)C2=O)ccc1OCc1ccccc1. The van der Waals surface area contributed by atoms with Gasteiger partial charge < -0.3 is 9.47 Å². The summed E-state index contributed by atoms with van der Waals surface area (Å²) in [7, 11) is 1.63. The molecule has 1 amide bonds. The molecule has 0 N–H and O–H groups in total. The van der Waals surface area contributed by atoms with Crippen LogP contribution in [0.15, 0.2) is 88.8 Å². The van der Waals surface area contributed by atoms with Crippen molar-refractivity contribution in [1.82, 2.24) is 4.90 Å². The highest BCUT2D eigenvalue weighted by atomic mass is 32.2. The van der Waals surface area contributed by atoms with Gasteiger partial charge in [0.25, 0.3) is 5.91 Å². The Morgan fingerprint density at radius 2 is 1.67 bits per heavy atom. The fourth-order valence-electron chi connectivity index (χ4n) is 4.62. The van der Waals surface area contributed by atoms with Gasteiger partial charge in [-0.25, -0.2) is 4.99 Å². The average Bonchev–Trinajstić information content (AvgIpc) is 3.23. The maximum absolute atomic E-state index is 13.6. The van der Waals surface area contributed by atoms with Crippen LogP contribution in [0.3, 0.4) is 0 Å². The van der Waals surface area contributed by atoms with E-state index >= 15 is 0 Å². The van der Waals surface area contributed by atoms with E-state index in [0.717, 1.165) is 47.7 Å². The van der Waals surface area contributed by atoms with E-state index in [1.165, 1.54) is 18.2 Å². The van der Waals surface area contributed by atoms with E-state index in [2.05, 4.69) is 0 Å². The Kier molecular flexibility index (Phi) is 7.72. The molecule has 1 saturated carbocycles. The Morgan fingerprint density at radius 1 is 0.944 bits per heavy atom. The first kappa shape index (κ1) is 24.2. The Morgan fingerprint density at radius 3 is 2.39 bits per heavy atom. The first-order valence-corrected chi connectivity index (χ1v) is 13.2. The predicted molar refractivity (Wildman–Crippen MR) is 147 cm³/mol. The third kappa shape index (κ3) is 5.65. The van der Waals surface area contributed by atoms with Gasteiger partial charge in [0.1, 0.15) is 6.61 Å². The average molecular weight is 499 g/mol. The van der Waals surface area contributed by atoms with Crippen LogP contribution in [0.5, 0.6) is 11.5 Å². The van der Waals surface area contributed by atoms with Crippen LogP contribution in [0.25, 0.3) is 6.08 Å². The van der Waals surface area contributed by atoms with E-state index in [1.54, 1.807) is 7.11 Å². The lowest BCUT2D eigenvalue weighted by atomic mass is 9.94. The minimum atomic E-state index is 0.0324. The molecule has 0 aromatic heterocycles. The molecule has 5 nitrogen and oxygen atoms in total. The third-order valence-electron chi connectivity index (χ3n) is 6.48. The second kappa shape index (κ2) is 11.5. The molecular formula is C30H30N2O3S. The summed E-state index contributed by atoms with van der Waals surface area (Å²) in [6, 6.07) is 25.9. The lowest BCUT2D eigenvalue weighted by molar-refractivity contribution is -0.124. The number of para-hydroxylation sites is 1. The molecule has 1 aliphatic heterocycles. The van der Waals surface area contributed by atoms with Gasteiger partial charge in [-0.2, -0.15) is 0 Å². The van der Waals surface area contributed by atoms with E-state index in [4.69, 9.17) is 14.5 Å². The van der Waals surface area contributed by atoms with Crippen molar-refractivity contribution in [1.29, 1.82) is 0 Å². The van der Waals surface area contributed by atoms with E-state index in [0.29, 0.717) is 23.0 Å². The van der Waals surface area contributed by atoms with Gasteiger partial charge in [-0.3, -0.25) is 9.69 Å². The number of nitrogens with zero attached hydrogens (tertiary/aromatic N) is 2. The van der Waals surface area contributed by atoms with E-state index in [-0.39, 0.29) is 11.9 Å². The molecule has 3 aromatic carbocycles. The maximum Gasteiger partial charge on any atom is 0.267 e. The number of carbonyl (C=O) groups excluding carboxylic acids is 1. The lowest BCUT2D eigenvalue weighted by Gasteiger charge is -2.30. The van der Waals surface area contributed by atoms with Crippen molar-refractivity contribution in [2.75, 3.05) is 7.11 Å². The van der Waals surface area contributed by atoms with Crippen LogP contribution in [0.1, 0.15) is 43.2 Å². The number of ether oxygens (including phenoxy) is 2. The Bertz CT molecular complexity index is 1250. The number of amides is 1. The van der Waals surface area contributed by atoms with Gasteiger partial charge in [-0.05, 0) is 66.1 Å². The number of rotatable bonds is 7. The quantitative estimate of drug-likeness (QED) is 0.323. The smallest absolute Gasteiger partial charge is 0.267 e. The summed E-state index contributed by atoms with van der Waals surface area (Å²) in [5, 5.41) is 0.763. The molecule has 0 bridgehead atoms. The molecule has 6 heteroatoms. The second-order valence-electron chi connectivity index (χ2n) is 8.99. The van der Waals surface area contributed by atoms with Crippen LogP contribution in [-0.2, 0) is 11.4 Å². The van der Waals surface area contributed by atoms with Gasteiger partial charge in [0.15, 0.2) is 16.7 Å². The number of amidine groups is 1. The number of hydrogen-bond donors (Lipinski definition) is 0. The molecular weight excluding hydrogens is 468 g/mol. The second-order valence-corrected chi connectivity index (χ2v) is 10.0. The molecule has 5 rings (SSSR count). The van der Waals surface area contributed by atoms with Crippen LogP contribution in [-0.4, -0.2) is 29.1 Å².